The zero-order chi connectivity index (χ0) is 29.5. The van der Waals surface area contributed by atoms with Gasteiger partial charge in [-0.25, -0.2) is 8.42 Å². The summed E-state index contributed by atoms with van der Waals surface area (Å²) in [4.78, 5) is 28.4. The van der Waals surface area contributed by atoms with Gasteiger partial charge in [0.25, 0.3) is 0 Å². The molecular weight excluding hydrogens is 543 g/mol. The third-order valence-electron chi connectivity index (χ3n) is 7.30. The van der Waals surface area contributed by atoms with Gasteiger partial charge in [0.2, 0.25) is 21.8 Å². The molecule has 3 rings (SSSR count). The summed E-state index contributed by atoms with van der Waals surface area (Å²) in [6.07, 6.45) is 0.592. The molecule has 0 aromatic heterocycles. The summed E-state index contributed by atoms with van der Waals surface area (Å²) in [6.45, 7) is 3.80. The summed E-state index contributed by atoms with van der Waals surface area (Å²) < 4.78 is 65.6. The van der Waals surface area contributed by atoms with Crippen molar-refractivity contribution in [1.82, 2.24) is 10.2 Å². The second-order valence-corrected chi connectivity index (χ2v) is 12.3. The first kappa shape index (κ1) is 31.4. The van der Waals surface area contributed by atoms with Gasteiger partial charge in [-0.15, -0.1) is 0 Å². The highest BCUT2D eigenvalue weighted by molar-refractivity contribution is 7.92. The monoisotopic (exact) mass is 581 g/mol. The number of carbonyl (C=O) groups is 2. The van der Waals surface area contributed by atoms with Crippen LogP contribution in [-0.2, 0) is 32.3 Å². The molecular formula is C29H38F3N3O4S. The number of hydrogen-bond acceptors (Lipinski definition) is 4. The van der Waals surface area contributed by atoms with Crippen LogP contribution in [0.3, 0.4) is 0 Å². The van der Waals surface area contributed by atoms with Crippen molar-refractivity contribution < 1.29 is 31.2 Å². The first-order valence-electron chi connectivity index (χ1n) is 13.6. The number of sulfonamides is 1. The molecule has 0 aliphatic heterocycles. The van der Waals surface area contributed by atoms with E-state index in [0.717, 1.165) is 65.6 Å². The number of nitrogens with one attached hydrogen (secondary N) is 1. The summed E-state index contributed by atoms with van der Waals surface area (Å²) in [6, 6.07) is 11.1. The van der Waals surface area contributed by atoms with Crippen LogP contribution in [0.15, 0.2) is 48.5 Å². The minimum Gasteiger partial charge on any atom is -0.352 e. The normalized spacial score (nSPS) is 15.1. The summed E-state index contributed by atoms with van der Waals surface area (Å²) >= 11 is 0. The maximum atomic E-state index is 13.6. The van der Waals surface area contributed by atoms with Crippen LogP contribution in [-0.4, -0.2) is 50.0 Å². The third kappa shape index (κ3) is 8.46. The Balaban J connectivity index is 1.79. The molecule has 1 aliphatic carbocycles. The van der Waals surface area contributed by atoms with E-state index in [1.54, 1.807) is 4.90 Å². The van der Waals surface area contributed by atoms with Gasteiger partial charge in [-0.05, 0) is 61.9 Å². The number of hydrogen-bond donors (Lipinski definition) is 1. The molecule has 1 saturated carbocycles. The molecule has 0 bridgehead atoms. The van der Waals surface area contributed by atoms with E-state index in [-0.39, 0.29) is 49.5 Å². The van der Waals surface area contributed by atoms with Gasteiger partial charge in [0, 0.05) is 25.6 Å². The number of alkyl halides is 3. The predicted molar refractivity (Wildman–Crippen MR) is 149 cm³/mol. The lowest BCUT2D eigenvalue weighted by Gasteiger charge is -2.32. The van der Waals surface area contributed by atoms with Gasteiger partial charge < -0.3 is 10.2 Å². The average Bonchev–Trinajstić information content (AvgIpc) is 3.39. The lowest BCUT2D eigenvalue weighted by Crippen LogP contribution is -2.51. The van der Waals surface area contributed by atoms with Gasteiger partial charge in [-0.1, -0.05) is 50.1 Å². The number of carbonyl (C=O) groups excluding carboxylic acids is 2. The summed E-state index contributed by atoms with van der Waals surface area (Å²) in [7, 11) is -3.92. The first-order chi connectivity index (χ1) is 18.8. The van der Waals surface area contributed by atoms with Crippen LogP contribution < -0.4 is 9.62 Å². The molecule has 2 aromatic rings. The molecule has 1 aliphatic rings. The quantitative estimate of drug-likeness (QED) is 0.362. The third-order valence-corrected chi connectivity index (χ3v) is 8.50. The van der Waals surface area contributed by atoms with Gasteiger partial charge in [0.15, 0.2) is 0 Å². The van der Waals surface area contributed by atoms with Crippen molar-refractivity contribution >= 4 is 27.5 Å². The summed E-state index contributed by atoms with van der Waals surface area (Å²) in [5.41, 5.74) is 0.783. The number of amides is 2. The first-order valence-corrected chi connectivity index (χ1v) is 15.5. The van der Waals surface area contributed by atoms with Gasteiger partial charge in [0.1, 0.15) is 6.04 Å². The maximum Gasteiger partial charge on any atom is 0.416 e. The van der Waals surface area contributed by atoms with Crippen molar-refractivity contribution in [2.75, 3.05) is 17.1 Å². The fourth-order valence-electron chi connectivity index (χ4n) is 5.10. The number of nitrogens with zero attached hydrogens (tertiary/aromatic N) is 2. The van der Waals surface area contributed by atoms with E-state index >= 15 is 0 Å². The molecule has 2 amide bonds. The molecule has 0 unspecified atom stereocenters. The predicted octanol–water partition coefficient (Wildman–Crippen LogP) is 5.43. The summed E-state index contributed by atoms with van der Waals surface area (Å²) in [5.74, 6) is -0.535. The fraction of sp³-hybridized carbons (Fsp3) is 0.517. The van der Waals surface area contributed by atoms with Crippen molar-refractivity contribution in [3.8, 4) is 0 Å². The zero-order valence-corrected chi connectivity index (χ0v) is 24.0. The number of benzene rings is 2. The lowest BCUT2D eigenvalue weighted by atomic mass is 10.0. The molecule has 40 heavy (non-hydrogen) atoms. The van der Waals surface area contributed by atoms with Gasteiger partial charge in [-0.2, -0.15) is 13.2 Å². The molecule has 220 valence electrons. The molecule has 0 spiro atoms. The van der Waals surface area contributed by atoms with Crippen LogP contribution in [0.5, 0.6) is 0 Å². The topological polar surface area (TPSA) is 86.8 Å². The van der Waals surface area contributed by atoms with Gasteiger partial charge in [-0.3, -0.25) is 13.9 Å². The van der Waals surface area contributed by atoms with E-state index in [9.17, 15) is 31.2 Å². The number of anilines is 1. The van der Waals surface area contributed by atoms with Crippen LogP contribution in [0.2, 0.25) is 0 Å². The molecule has 0 saturated heterocycles. The molecule has 1 atom stereocenters. The van der Waals surface area contributed by atoms with Crippen molar-refractivity contribution in [3.63, 3.8) is 0 Å². The van der Waals surface area contributed by atoms with Crippen LogP contribution >= 0.6 is 0 Å². The Labute approximate surface area is 234 Å². The smallest absolute Gasteiger partial charge is 0.352 e. The van der Waals surface area contributed by atoms with Crippen LogP contribution in [0.25, 0.3) is 0 Å². The van der Waals surface area contributed by atoms with E-state index in [1.165, 1.54) is 6.07 Å². The maximum absolute atomic E-state index is 13.6. The SMILES string of the molecule is CC[C@@H](C(=O)NC1CCCC1)N(Cc1ccccc1C)C(=O)CCCN(c1cccc(C(F)(F)F)c1)S(C)(=O)=O. The Morgan fingerprint density at radius 1 is 1.07 bits per heavy atom. The van der Waals surface area contributed by atoms with E-state index in [2.05, 4.69) is 5.32 Å². The van der Waals surface area contributed by atoms with Gasteiger partial charge in [0.05, 0.1) is 17.5 Å². The number of rotatable bonds is 12. The molecule has 1 N–H and O–H groups in total. The van der Waals surface area contributed by atoms with Crippen LogP contribution in [0, 0.1) is 6.92 Å². The Kier molecular flexibility index (Phi) is 10.6. The largest absolute Gasteiger partial charge is 0.416 e. The Bertz CT molecular complexity index is 1280. The van der Waals surface area contributed by atoms with E-state index in [4.69, 9.17) is 0 Å². The highest BCUT2D eigenvalue weighted by Gasteiger charge is 2.33. The molecule has 0 heterocycles. The van der Waals surface area contributed by atoms with Crippen LogP contribution in [0.1, 0.15) is 68.6 Å². The molecule has 0 radical (unpaired) electrons. The van der Waals surface area contributed by atoms with Gasteiger partial charge >= 0.3 is 6.18 Å². The highest BCUT2D eigenvalue weighted by Crippen LogP contribution is 2.32. The molecule has 2 aromatic carbocycles. The number of aryl methyl sites for hydroxylation is 1. The Morgan fingerprint density at radius 3 is 2.35 bits per heavy atom. The highest BCUT2D eigenvalue weighted by atomic mass is 32.2. The second-order valence-electron chi connectivity index (χ2n) is 10.3. The van der Waals surface area contributed by atoms with E-state index < -0.39 is 27.8 Å². The average molecular weight is 582 g/mol. The molecule has 11 heteroatoms. The second kappa shape index (κ2) is 13.5. The Morgan fingerprint density at radius 2 is 1.75 bits per heavy atom. The number of halogens is 3. The lowest BCUT2D eigenvalue weighted by molar-refractivity contribution is -0.141. The van der Waals surface area contributed by atoms with Crippen molar-refractivity contribution in [2.45, 2.75) is 83.6 Å². The molecule has 1 fully saturated rings. The van der Waals surface area contributed by atoms with Crippen LogP contribution in [0.4, 0.5) is 18.9 Å². The minimum absolute atomic E-state index is 0.0626. The summed E-state index contributed by atoms with van der Waals surface area (Å²) in [5, 5.41) is 3.09. The van der Waals surface area contributed by atoms with Crippen molar-refractivity contribution in [3.05, 3.63) is 65.2 Å². The van der Waals surface area contributed by atoms with E-state index in [1.807, 2.05) is 38.1 Å². The van der Waals surface area contributed by atoms with Crippen molar-refractivity contribution in [2.24, 2.45) is 0 Å². The zero-order valence-electron chi connectivity index (χ0n) is 23.2. The van der Waals surface area contributed by atoms with E-state index in [0.29, 0.717) is 6.42 Å². The Hall–Kier alpha value is -3.08. The standard InChI is InChI=1S/C29H38F3N3O4S/c1-4-26(28(37)33-24-14-7-8-15-24)34(20-22-12-6-5-11-21(22)2)27(36)17-10-18-35(40(3,38)39)25-16-9-13-23(19-25)29(30,31)32/h5-6,9,11-13,16,19,24,26H,4,7-8,10,14-15,17-18,20H2,1-3H3,(H,33,37)/t26-/m0/s1. The minimum atomic E-state index is -4.63. The van der Waals surface area contributed by atoms with Crippen molar-refractivity contribution in [1.29, 1.82) is 0 Å². The molecule has 7 nitrogen and oxygen atoms in total. The fourth-order valence-corrected chi connectivity index (χ4v) is 6.06.